The van der Waals surface area contributed by atoms with Crippen LogP contribution in [0.2, 0.25) is 0 Å². The van der Waals surface area contributed by atoms with Gasteiger partial charge in [-0.3, -0.25) is 9.78 Å². The number of hydrogen-bond acceptors (Lipinski definition) is 4. The summed E-state index contributed by atoms with van der Waals surface area (Å²) in [5, 5.41) is 12.0. The lowest BCUT2D eigenvalue weighted by Crippen LogP contribution is -2.18. The number of aliphatic carboxylic acids is 1. The molecule has 0 amide bonds. The predicted molar refractivity (Wildman–Crippen MR) is 54.4 cm³/mol. The fraction of sp³-hybridized carbons (Fsp3) is 0.500. The van der Waals surface area contributed by atoms with Crippen LogP contribution in [0.1, 0.15) is 19.3 Å². The number of aromatic nitrogens is 2. The Morgan fingerprint density at radius 2 is 2.33 bits per heavy atom. The molecule has 0 bridgehead atoms. The lowest BCUT2D eigenvalue weighted by Gasteiger charge is -2.11. The first-order valence-electron chi connectivity index (χ1n) is 5.01. The largest absolute Gasteiger partial charge is 0.481 e. The van der Waals surface area contributed by atoms with Crippen molar-refractivity contribution in [1.29, 1.82) is 0 Å². The van der Waals surface area contributed by atoms with Gasteiger partial charge < -0.3 is 10.4 Å². The summed E-state index contributed by atoms with van der Waals surface area (Å²) < 4.78 is 0. The third-order valence-electron chi connectivity index (χ3n) is 2.70. The minimum absolute atomic E-state index is 0.209. The molecule has 0 radical (unpaired) electrons. The lowest BCUT2D eigenvalue weighted by molar-refractivity contribution is -0.141. The zero-order valence-electron chi connectivity index (χ0n) is 8.26. The van der Waals surface area contributed by atoms with E-state index in [9.17, 15) is 4.79 Å². The Morgan fingerprint density at radius 1 is 1.47 bits per heavy atom. The van der Waals surface area contributed by atoms with Gasteiger partial charge in [0.2, 0.25) is 0 Å². The molecule has 5 heteroatoms. The summed E-state index contributed by atoms with van der Waals surface area (Å²) in [7, 11) is 0. The highest BCUT2D eigenvalue weighted by atomic mass is 16.4. The van der Waals surface area contributed by atoms with Gasteiger partial charge in [0.05, 0.1) is 12.1 Å². The van der Waals surface area contributed by atoms with Gasteiger partial charge in [-0.15, -0.1) is 0 Å². The van der Waals surface area contributed by atoms with E-state index in [0.717, 1.165) is 12.8 Å². The summed E-state index contributed by atoms with van der Waals surface area (Å²) in [6.07, 6.45) is 7.17. The molecule has 0 saturated heterocycles. The van der Waals surface area contributed by atoms with Crippen LogP contribution in [0.15, 0.2) is 18.6 Å². The fourth-order valence-electron chi connectivity index (χ4n) is 1.92. The molecule has 2 rings (SSSR count). The summed E-state index contributed by atoms with van der Waals surface area (Å²) in [4.78, 5) is 18.8. The standard InChI is InChI=1S/C10H13N3O2/c14-10(15)7-1-2-8(5-7)13-9-6-11-3-4-12-9/h3-4,6-8H,1-2,5H2,(H,12,13)(H,14,15). The van der Waals surface area contributed by atoms with Gasteiger partial charge in [0, 0.05) is 18.4 Å². The molecule has 1 heterocycles. The second-order valence-electron chi connectivity index (χ2n) is 3.78. The van der Waals surface area contributed by atoms with Crippen LogP contribution in [0.4, 0.5) is 5.82 Å². The summed E-state index contributed by atoms with van der Waals surface area (Å²) in [6.45, 7) is 0. The second kappa shape index (κ2) is 4.25. The molecule has 0 aromatic carbocycles. The van der Waals surface area contributed by atoms with E-state index in [1.807, 2.05) is 0 Å². The van der Waals surface area contributed by atoms with E-state index in [0.29, 0.717) is 12.2 Å². The summed E-state index contributed by atoms with van der Waals surface area (Å²) in [5.74, 6) is -0.189. The molecule has 1 aliphatic rings. The molecule has 0 aliphatic heterocycles. The van der Waals surface area contributed by atoms with Crippen molar-refractivity contribution >= 4 is 11.8 Å². The zero-order chi connectivity index (χ0) is 10.7. The van der Waals surface area contributed by atoms with Crippen molar-refractivity contribution in [1.82, 2.24) is 9.97 Å². The first-order chi connectivity index (χ1) is 7.25. The maximum absolute atomic E-state index is 10.7. The van der Waals surface area contributed by atoms with Crippen LogP contribution in [0.5, 0.6) is 0 Å². The molecule has 1 saturated carbocycles. The van der Waals surface area contributed by atoms with Crippen molar-refractivity contribution < 1.29 is 9.90 Å². The van der Waals surface area contributed by atoms with Crippen LogP contribution in [0.25, 0.3) is 0 Å². The molecule has 5 nitrogen and oxygen atoms in total. The zero-order valence-corrected chi connectivity index (χ0v) is 8.26. The van der Waals surface area contributed by atoms with Gasteiger partial charge in [0.25, 0.3) is 0 Å². The molecule has 1 fully saturated rings. The Hall–Kier alpha value is -1.65. The minimum atomic E-state index is -0.696. The number of nitrogens with zero attached hydrogens (tertiary/aromatic N) is 2. The number of carboxylic acids is 1. The summed E-state index contributed by atoms with van der Waals surface area (Å²) >= 11 is 0. The van der Waals surface area contributed by atoms with E-state index < -0.39 is 5.97 Å². The van der Waals surface area contributed by atoms with Gasteiger partial charge >= 0.3 is 5.97 Å². The summed E-state index contributed by atoms with van der Waals surface area (Å²) in [6, 6.07) is 0.211. The van der Waals surface area contributed by atoms with Crippen molar-refractivity contribution in [2.45, 2.75) is 25.3 Å². The first kappa shape index (κ1) is 9.89. The van der Waals surface area contributed by atoms with Gasteiger partial charge in [-0.25, -0.2) is 4.98 Å². The number of rotatable bonds is 3. The molecular weight excluding hydrogens is 194 g/mol. The topological polar surface area (TPSA) is 75.1 Å². The molecular formula is C10H13N3O2. The number of anilines is 1. The lowest BCUT2D eigenvalue weighted by atomic mass is 10.1. The third kappa shape index (κ3) is 2.43. The molecule has 1 aromatic rings. The average Bonchev–Trinajstić information content (AvgIpc) is 2.68. The first-order valence-corrected chi connectivity index (χ1v) is 5.01. The number of hydrogen-bond donors (Lipinski definition) is 2. The van der Waals surface area contributed by atoms with Crippen LogP contribution in [-0.4, -0.2) is 27.1 Å². The SMILES string of the molecule is O=C(O)C1CCC(Nc2cnccn2)C1. The van der Waals surface area contributed by atoms with E-state index in [2.05, 4.69) is 15.3 Å². The molecule has 2 N–H and O–H groups in total. The predicted octanol–water partition coefficient (Wildman–Crippen LogP) is 1.14. The minimum Gasteiger partial charge on any atom is -0.481 e. The molecule has 0 spiro atoms. The van der Waals surface area contributed by atoms with E-state index in [4.69, 9.17) is 5.11 Å². The van der Waals surface area contributed by atoms with Crippen LogP contribution in [0.3, 0.4) is 0 Å². The number of carbonyl (C=O) groups is 1. The second-order valence-corrected chi connectivity index (χ2v) is 3.78. The Balaban J connectivity index is 1.90. The van der Waals surface area contributed by atoms with Crippen molar-refractivity contribution in [2.75, 3.05) is 5.32 Å². The van der Waals surface area contributed by atoms with Crippen molar-refractivity contribution in [2.24, 2.45) is 5.92 Å². The monoisotopic (exact) mass is 207 g/mol. The number of nitrogens with one attached hydrogen (secondary N) is 1. The molecule has 1 aromatic heterocycles. The molecule has 15 heavy (non-hydrogen) atoms. The van der Waals surface area contributed by atoms with E-state index in [-0.39, 0.29) is 12.0 Å². The Labute approximate surface area is 87.6 Å². The van der Waals surface area contributed by atoms with E-state index >= 15 is 0 Å². The van der Waals surface area contributed by atoms with Gasteiger partial charge in [0.1, 0.15) is 5.82 Å². The van der Waals surface area contributed by atoms with E-state index in [1.165, 1.54) is 0 Å². The molecule has 1 aliphatic carbocycles. The van der Waals surface area contributed by atoms with Crippen LogP contribution < -0.4 is 5.32 Å². The smallest absolute Gasteiger partial charge is 0.306 e. The fourth-order valence-corrected chi connectivity index (χ4v) is 1.92. The van der Waals surface area contributed by atoms with Gasteiger partial charge in [-0.1, -0.05) is 0 Å². The van der Waals surface area contributed by atoms with Crippen LogP contribution >= 0.6 is 0 Å². The number of carboxylic acid groups (broad SMARTS) is 1. The maximum Gasteiger partial charge on any atom is 0.306 e. The Kier molecular flexibility index (Phi) is 2.80. The Bertz CT molecular complexity index is 342. The highest BCUT2D eigenvalue weighted by Crippen LogP contribution is 2.27. The normalized spacial score (nSPS) is 25.1. The van der Waals surface area contributed by atoms with Crippen molar-refractivity contribution in [3.8, 4) is 0 Å². The Morgan fingerprint density at radius 3 is 2.93 bits per heavy atom. The third-order valence-corrected chi connectivity index (χ3v) is 2.70. The summed E-state index contributed by atoms with van der Waals surface area (Å²) in [5.41, 5.74) is 0. The maximum atomic E-state index is 10.7. The van der Waals surface area contributed by atoms with Gasteiger partial charge in [-0.05, 0) is 19.3 Å². The molecule has 2 unspecified atom stereocenters. The molecule has 2 atom stereocenters. The highest BCUT2D eigenvalue weighted by molar-refractivity contribution is 5.70. The van der Waals surface area contributed by atoms with Crippen molar-refractivity contribution in [3.63, 3.8) is 0 Å². The van der Waals surface area contributed by atoms with Crippen molar-refractivity contribution in [3.05, 3.63) is 18.6 Å². The highest BCUT2D eigenvalue weighted by Gasteiger charge is 2.29. The quantitative estimate of drug-likeness (QED) is 0.777. The molecule has 80 valence electrons. The van der Waals surface area contributed by atoms with E-state index in [1.54, 1.807) is 18.6 Å². The van der Waals surface area contributed by atoms with Gasteiger partial charge in [0.15, 0.2) is 0 Å². The van der Waals surface area contributed by atoms with Crippen LogP contribution in [0, 0.1) is 5.92 Å². The average molecular weight is 207 g/mol. The van der Waals surface area contributed by atoms with Crippen LogP contribution in [-0.2, 0) is 4.79 Å². The van der Waals surface area contributed by atoms with Gasteiger partial charge in [-0.2, -0.15) is 0 Å².